The Bertz CT molecular complexity index is 2490. The van der Waals surface area contributed by atoms with Crippen molar-refractivity contribution in [1.82, 2.24) is 0 Å². The van der Waals surface area contributed by atoms with Crippen LogP contribution in [0.1, 0.15) is 34.2 Å². The minimum atomic E-state index is -1.96. The highest BCUT2D eigenvalue weighted by Gasteiger charge is 2.44. The van der Waals surface area contributed by atoms with E-state index in [1.54, 1.807) is 10.4 Å². The van der Waals surface area contributed by atoms with Crippen LogP contribution in [-0.2, 0) is 0 Å². The molecule has 1 heterocycles. The molecule has 0 fully saturated rings. The lowest BCUT2D eigenvalue weighted by molar-refractivity contribution is 0.788. The Kier molecular flexibility index (Phi) is 6.97. The molecule has 1 unspecified atom stereocenters. The maximum atomic E-state index is 2.62. The molecule has 0 radical (unpaired) electrons. The third-order valence-corrected chi connectivity index (χ3v) is 15.0. The van der Waals surface area contributed by atoms with E-state index in [2.05, 4.69) is 179 Å². The third kappa shape index (κ3) is 4.87. The summed E-state index contributed by atoms with van der Waals surface area (Å²) >= 11 is 0. The fourth-order valence-corrected chi connectivity index (χ4v) is 12.1. The topological polar surface area (TPSA) is 0 Å². The second-order valence-corrected chi connectivity index (χ2v) is 19.0. The molecule has 0 N–H and O–H groups in total. The molecule has 236 valence electrons. The number of hydrogen-bond donors (Lipinski definition) is 0. The Labute approximate surface area is 291 Å². The molecule has 0 nitrogen and oxygen atoms in total. The first-order chi connectivity index (χ1) is 23.9. The van der Waals surface area contributed by atoms with E-state index in [9.17, 15) is 0 Å². The number of allylic oxidation sites excluding steroid dienone is 4. The number of hydrogen-bond acceptors (Lipinski definition) is 0. The van der Waals surface area contributed by atoms with Crippen LogP contribution in [-0.4, -0.2) is 8.07 Å². The lowest BCUT2D eigenvalue weighted by atomic mass is 9.70. The van der Waals surface area contributed by atoms with Gasteiger partial charge in [0.2, 0.25) is 0 Å². The van der Waals surface area contributed by atoms with Crippen molar-refractivity contribution < 1.29 is 0 Å². The Morgan fingerprint density at radius 2 is 1.10 bits per heavy atom. The molecular weight excluding hydrogens is 605 g/mol. The summed E-state index contributed by atoms with van der Waals surface area (Å²) in [6.45, 7) is 9.62. The molecule has 0 aromatic heterocycles. The molecule has 0 saturated heterocycles. The molecule has 9 rings (SSSR count). The van der Waals surface area contributed by atoms with Crippen molar-refractivity contribution in [2.75, 3.05) is 0 Å². The molecule has 0 saturated carbocycles. The number of rotatable bonds is 4. The van der Waals surface area contributed by atoms with Crippen molar-refractivity contribution in [3.63, 3.8) is 0 Å². The van der Waals surface area contributed by atoms with Gasteiger partial charge in [-0.2, -0.15) is 0 Å². The van der Waals surface area contributed by atoms with E-state index in [1.807, 2.05) is 0 Å². The van der Waals surface area contributed by atoms with Gasteiger partial charge in [-0.1, -0.05) is 175 Å². The summed E-state index contributed by atoms with van der Waals surface area (Å²) in [5.41, 5.74) is 17.6. The lowest BCUT2D eigenvalue weighted by Crippen LogP contribution is -2.44. The molecule has 2 aliphatic carbocycles. The van der Waals surface area contributed by atoms with Crippen molar-refractivity contribution >= 4 is 30.0 Å². The van der Waals surface area contributed by atoms with Gasteiger partial charge in [0.15, 0.2) is 0 Å². The smallest absolute Gasteiger partial charge is 0.0674 e. The molecule has 1 heteroatoms. The molecule has 1 atom stereocenters. The summed E-state index contributed by atoms with van der Waals surface area (Å²) in [6, 6.07) is 54.6. The van der Waals surface area contributed by atoms with Gasteiger partial charge in [0, 0.05) is 5.92 Å². The highest BCUT2D eigenvalue weighted by molar-refractivity contribution is 6.98. The van der Waals surface area contributed by atoms with Crippen molar-refractivity contribution in [1.29, 1.82) is 0 Å². The van der Waals surface area contributed by atoms with Crippen LogP contribution in [0.3, 0.4) is 0 Å². The maximum Gasteiger partial charge on any atom is 0.109 e. The summed E-state index contributed by atoms with van der Waals surface area (Å²) in [6.07, 6.45) is 3.68. The Hall–Kier alpha value is -5.24. The zero-order valence-electron chi connectivity index (χ0n) is 28.7. The summed E-state index contributed by atoms with van der Waals surface area (Å²) in [7, 11) is -1.96. The maximum absolute atomic E-state index is 2.62. The quantitative estimate of drug-likeness (QED) is 0.168. The van der Waals surface area contributed by atoms with E-state index in [-0.39, 0.29) is 5.92 Å². The van der Waals surface area contributed by atoms with Gasteiger partial charge in [-0.15, -0.1) is 0 Å². The van der Waals surface area contributed by atoms with Crippen LogP contribution >= 0.6 is 0 Å². The van der Waals surface area contributed by atoms with Crippen LogP contribution in [0, 0.1) is 19.8 Å². The van der Waals surface area contributed by atoms with Crippen LogP contribution in [0.5, 0.6) is 0 Å². The molecule has 1 aliphatic heterocycles. The van der Waals surface area contributed by atoms with E-state index in [4.69, 9.17) is 0 Å². The Balaban J connectivity index is 1.34. The lowest BCUT2D eigenvalue weighted by Gasteiger charge is -2.36. The number of fused-ring (bicyclic) bond motifs is 4. The van der Waals surface area contributed by atoms with Crippen LogP contribution in [0.4, 0.5) is 0 Å². The molecular formula is C48H40Si. The van der Waals surface area contributed by atoms with E-state index in [0.717, 1.165) is 6.42 Å². The molecule has 3 aliphatic rings. The first kappa shape index (κ1) is 29.9. The van der Waals surface area contributed by atoms with Crippen LogP contribution in [0.2, 0.25) is 13.1 Å². The van der Waals surface area contributed by atoms with Gasteiger partial charge in [0.05, 0.1) is 0 Å². The van der Waals surface area contributed by atoms with Crippen LogP contribution in [0.25, 0.3) is 39.0 Å². The van der Waals surface area contributed by atoms with E-state index in [1.165, 1.54) is 82.8 Å². The number of aryl methyl sites for hydroxylation is 2. The largest absolute Gasteiger partial charge is 0.109 e. The predicted molar refractivity (Wildman–Crippen MR) is 211 cm³/mol. The van der Waals surface area contributed by atoms with Gasteiger partial charge in [-0.3, -0.25) is 0 Å². The van der Waals surface area contributed by atoms with Crippen molar-refractivity contribution in [3.8, 4) is 22.3 Å². The first-order valence-electron chi connectivity index (χ1n) is 17.6. The summed E-state index contributed by atoms with van der Waals surface area (Å²) in [5.74, 6) is 0.268. The van der Waals surface area contributed by atoms with Gasteiger partial charge in [0.25, 0.3) is 0 Å². The molecule has 6 aromatic carbocycles. The van der Waals surface area contributed by atoms with E-state index >= 15 is 0 Å². The minimum Gasteiger partial charge on any atom is -0.0674 e. The standard InChI is InChI=1S/C48H40Si/c1-31-13-11-19-37(25-31)47-40-24-22-35(33-15-7-5-8-16-33)27-42(40)48(38-20-12-14-32(2)26-38)44-30-46-41(29-43(44)47)39-23-21-36(28-45(39)49(46,3)4)34-17-9-6-10-18-34/h5-29,44H,30H2,1-4H3. The zero-order chi connectivity index (χ0) is 33.3. The van der Waals surface area contributed by atoms with Crippen molar-refractivity contribution in [2.45, 2.75) is 33.4 Å². The fourth-order valence-electron chi connectivity index (χ4n) is 8.80. The minimum absolute atomic E-state index is 0.268. The predicted octanol–water partition coefficient (Wildman–Crippen LogP) is 9.92. The molecule has 49 heavy (non-hydrogen) atoms. The summed E-state index contributed by atoms with van der Waals surface area (Å²) < 4.78 is 0. The zero-order valence-corrected chi connectivity index (χ0v) is 29.7. The van der Waals surface area contributed by atoms with Gasteiger partial charge in [0.1, 0.15) is 8.07 Å². The van der Waals surface area contributed by atoms with E-state index < -0.39 is 8.07 Å². The molecule has 0 amide bonds. The highest BCUT2D eigenvalue weighted by atomic mass is 28.3. The molecule has 6 aromatic rings. The normalized spacial score (nSPS) is 17.2. The van der Waals surface area contributed by atoms with E-state index in [0.29, 0.717) is 0 Å². The van der Waals surface area contributed by atoms with Gasteiger partial charge < -0.3 is 0 Å². The van der Waals surface area contributed by atoms with Crippen LogP contribution in [0.15, 0.2) is 162 Å². The monoisotopic (exact) mass is 644 g/mol. The number of benzene rings is 6. The fraction of sp³-hybridized carbons (Fsp3) is 0.125. The van der Waals surface area contributed by atoms with Gasteiger partial charge in [-0.25, -0.2) is 0 Å². The molecule has 0 bridgehead atoms. The second kappa shape index (κ2) is 11.4. The summed E-state index contributed by atoms with van der Waals surface area (Å²) in [5, 5.41) is 5.98. The van der Waals surface area contributed by atoms with Crippen LogP contribution < -0.4 is 15.6 Å². The Morgan fingerprint density at radius 1 is 0.510 bits per heavy atom. The Morgan fingerprint density at radius 3 is 1.78 bits per heavy atom. The average molecular weight is 645 g/mol. The van der Waals surface area contributed by atoms with Gasteiger partial charge >= 0.3 is 0 Å². The van der Waals surface area contributed by atoms with Crippen molar-refractivity contribution in [2.24, 2.45) is 5.92 Å². The van der Waals surface area contributed by atoms with Crippen molar-refractivity contribution in [3.05, 3.63) is 201 Å². The highest BCUT2D eigenvalue weighted by Crippen LogP contribution is 2.50. The molecule has 0 spiro atoms. The second-order valence-electron chi connectivity index (χ2n) is 14.7. The SMILES string of the molecule is Cc1cccc(C2=c3ccc(-c4ccccc4)cc3=C(c3cccc(C)c3)C3CC4=C(C=C23)c2ccc(-c3ccccc3)cc2[Si]4(C)C)c1. The third-order valence-electron chi connectivity index (χ3n) is 11.2. The average Bonchev–Trinajstić information content (AvgIpc) is 3.35. The van der Waals surface area contributed by atoms with Gasteiger partial charge in [-0.05, 0) is 103 Å². The first-order valence-corrected chi connectivity index (χ1v) is 20.6. The summed E-state index contributed by atoms with van der Waals surface area (Å²) in [4.78, 5) is 0.